The van der Waals surface area contributed by atoms with E-state index in [2.05, 4.69) is 12.1 Å². The predicted octanol–water partition coefficient (Wildman–Crippen LogP) is 5.02. The van der Waals surface area contributed by atoms with Crippen LogP contribution in [-0.2, 0) is 12.8 Å². The number of aliphatic hydroxyl groups is 1. The molecule has 1 aromatic carbocycles. The summed E-state index contributed by atoms with van der Waals surface area (Å²) < 4.78 is 1.17. The van der Waals surface area contributed by atoms with Gasteiger partial charge >= 0.3 is 0 Å². The first-order valence-electron chi connectivity index (χ1n) is 6.39. The largest absolute Gasteiger partial charge is 0.384 e. The summed E-state index contributed by atoms with van der Waals surface area (Å²) >= 11 is 13.3. The average molecular weight is 313 g/mol. The molecule has 19 heavy (non-hydrogen) atoms. The van der Waals surface area contributed by atoms with E-state index in [4.69, 9.17) is 23.2 Å². The average Bonchev–Trinajstić information content (AvgIpc) is 2.76. The fraction of sp³-hybridized carbons (Fsp3) is 0.333. The maximum absolute atomic E-state index is 10.5. The zero-order chi connectivity index (χ0) is 13.4. The molecule has 0 fully saturated rings. The molecule has 0 radical (unpaired) electrons. The Hall–Kier alpha value is -0.540. The van der Waals surface area contributed by atoms with E-state index in [1.165, 1.54) is 35.3 Å². The molecular formula is C15H14Cl2OS. The van der Waals surface area contributed by atoms with Crippen molar-refractivity contribution < 1.29 is 5.11 Å². The molecule has 100 valence electrons. The molecular weight excluding hydrogens is 299 g/mol. The summed E-state index contributed by atoms with van der Waals surface area (Å²) in [6.45, 7) is 0. The van der Waals surface area contributed by atoms with Crippen LogP contribution < -0.4 is 0 Å². The van der Waals surface area contributed by atoms with E-state index < -0.39 is 6.10 Å². The van der Waals surface area contributed by atoms with Gasteiger partial charge in [-0.1, -0.05) is 41.4 Å². The van der Waals surface area contributed by atoms with Crippen molar-refractivity contribution in [2.75, 3.05) is 0 Å². The molecule has 1 aliphatic rings. The summed E-state index contributed by atoms with van der Waals surface area (Å²) in [6.07, 6.45) is 4.06. The summed E-state index contributed by atoms with van der Waals surface area (Å²) in [5, 5.41) is 10.5. The number of thiophene rings is 1. The summed E-state index contributed by atoms with van der Waals surface area (Å²) in [6, 6.07) is 7.99. The van der Waals surface area contributed by atoms with Gasteiger partial charge in [0.1, 0.15) is 10.4 Å². The SMILES string of the molecule is OC(c1ccc2c(c1)CCCC2)c1cc(Cl)sc1Cl. The molecule has 0 amide bonds. The minimum absolute atomic E-state index is 0.565. The summed E-state index contributed by atoms with van der Waals surface area (Å²) in [5.74, 6) is 0. The Morgan fingerprint density at radius 3 is 2.47 bits per heavy atom. The molecule has 1 nitrogen and oxygen atoms in total. The van der Waals surface area contributed by atoms with Crippen molar-refractivity contribution in [2.24, 2.45) is 0 Å². The molecule has 1 unspecified atom stereocenters. The highest BCUT2D eigenvalue weighted by Crippen LogP contribution is 2.38. The Bertz CT molecular complexity index is 606. The maximum Gasteiger partial charge on any atom is 0.106 e. The molecule has 0 saturated heterocycles. The number of halogens is 2. The molecule has 1 aliphatic carbocycles. The van der Waals surface area contributed by atoms with Crippen LogP contribution in [0.3, 0.4) is 0 Å². The molecule has 0 bridgehead atoms. The van der Waals surface area contributed by atoms with E-state index in [0.717, 1.165) is 18.4 Å². The van der Waals surface area contributed by atoms with Crippen LogP contribution in [0, 0.1) is 0 Å². The van der Waals surface area contributed by atoms with Crippen molar-refractivity contribution >= 4 is 34.5 Å². The predicted molar refractivity (Wildman–Crippen MR) is 81.5 cm³/mol. The number of benzene rings is 1. The molecule has 3 rings (SSSR count). The van der Waals surface area contributed by atoms with E-state index in [-0.39, 0.29) is 0 Å². The highest BCUT2D eigenvalue weighted by Gasteiger charge is 2.19. The first-order chi connectivity index (χ1) is 9.15. The molecule has 1 N–H and O–H groups in total. The Morgan fingerprint density at radius 1 is 1.05 bits per heavy atom. The van der Waals surface area contributed by atoms with Gasteiger partial charge in [0.2, 0.25) is 0 Å². The van der Waals surface area contributed by atoms with Crippen molar-refractivity contribution in [2.45, 2.75) is 31.8 Å². The van der Waals surface area contributed by atoms with Crippen molar-refractivity contribution in [3.63, 3.8) is 0 Å². The van der Waals surface area contributed by atoms with E-state index in [9.17, 15) is 5.11 Å². The van der Waals surface area contributed by atoms with Gasteiger partial charge in [-0.2, -0.15) is 0 Å². The number of aryl methyl sites for hydroxylation is 2. The monoisotopic (exact) mass is 312 g/mol. The molecule has 0 saturated carbocycles. The fourth-order valence-corrected chi connectivity index (χ4v) is 4.16. The van der Waals surface area contributed by atoms with Gasteiger partial charge in [0, 0.05) is 5.56 Å². The van der Waals surface area contributed by atoms with Gasteiger partial charge in [0.25, 0.3) is 0 Å². The van der Waals surface area contributed by atoms with Gasteiger partial charge in [0.05, 0.1) is 4.34 Å². The van der Waals surface area contributed by atoms with E-state index >= 15 is 0 Å². The van der Waals surface area contributed by atoms with Gasteiger partial charge < -0.3 is 5.11 Å². The second-order valence-electron chi connectivity index (χ2n) is 4.92. The highest BCUT2D eigenvalue weighted by atomic mass is 35.5. The summed E-state index contributed by atoms with van der Waals surface area (Å²) in [4.78, 5) is 0. The Labute approximate surface area is 126 Å². The second kappa shape index (κ2) is 5.45. The summed E-state index contributed by atoms with van der Waals surface area (Å²) in [7, 11) is 0. The zero-order valence-corrected chi connectivity index (χ0v) is 12.7. The van der Waals surface area contributed by atoms with E-state index in [0.29, 0.717) is 14.2 Å². The molecule has 0 aliphatic heterocycles. The van der Waals surface area contributed by atoms with Gasteiger partial charge in [-0.25, -0.2) is 0 Å². The molecule has 1 heterocycles. The number of aliphatic hydroxyl groups excluding tert-OH is 1. The number of rotatable bonds is 2. The maximum atomic E-state index is 10.5. The van der Waals surface area contributed by atoms with Crippen LogP contribution in [0.5, 0.6) is 0 Å². The molecule has 1 atom stereocenters. The molecule has 0 spiro atoms. The van der Waals surface area contributed by atoms with Crippen LogP contribution in [0.15, 0.2) is 24.3 Å². The summed E-state index contributed by atoms with van der Waals surface area (Å²) in [5.41, 5.74) is 4.38. The lowest BCUT2D eigenvalue weighted by atomic mass is 9.89. The fourth-order valence-electron chi connectivity index (χ4n) is 2.64. The number of hydrogen-bond donors (Lipinski definition) is 1. The van der Waals surface area contributed by atoms with E-state index in [1.54, 1.807) is 6.07 Å². The lowest BCUT2D eigenvalue weighted by molar-refractivity contribution is 0.221. The molecule has 2 aromatic rings. The van der Waals surface area contributed by atoms with Crippen molar-refractivity contribution in [3.05, 3.63) is 55.2 Å². The first-order valence-corrected chi connectivity index (χ1v) is 7.97. The van der Waals surface area contributed by atoms with Crippen molar-refractivity contribution in [3.8, 4) is 0 Å². The second-order valence-corrected chi connectivity index (χ2v) is 7.20. The van der Waals surface area contributed by atoms with Crippen LogP contribution in [0.1, 0.15) is 41.2 Å². The van der Waals surface area contributed by atoms with Gasteiger partial charge in [-0.05, 0) is 48.4 Å². The third kappa shape index (κ3) is 2.68. The quantitative estimate of drug-likeness (QED) is 0.826. The van der Waals surface area contributed by atoms with Crippen LogP contribution in [0.2, 0.25) is 8.67 Å². The van der Waals surface area contributed by atoms with Crippen molar-refractivity contribution in [1.29, 1.82) is 0 Å². The third-order valence-corrected chi connectivity index (χ3v) is 5.18. The smallest absolute Gasteiger partial charge is 0.106 e. The zero-order valence-electron chi connectivity index (χ0n) is 10.3. The van der Waals surface area contributed by atoms with Crippen LogP contribution in [0.4, 0.5) is 0 Å². The number of fused-ring (bicyclic) bond motifs is 1. The standard InChI is InChI=1S/C15H14Cl2OS/c16-13-8-12(15(17)19-13)14(18)11-6-5-9-3-1-2-4-10(9)7-11/h5-8,14,18H,1-4H2. The van der Waals surface area contributed by atoms with Crippen molar-refractivity contribution in [1.82, 2.24) is 0 Å². The van der Waals surface area contributed by atoms with Crippen LogP contribution >= 0.6 is 34.5 Å². The van der Waals surface area contributed by atoms with E-state index in [1.807, 2.05) is 6.07 Å². The molecule has 1 aromatic heterocycles. The minimum atomic E-state index is -0.691. The topological polar surface area (TPSA) is 20.2 Å². The van der Waals surface area contributed by atoms with Gasteiger partial charge in [-0.15, -0.1) is 11.3 Å². The molecule has 4 heteroatoms. The van der Waals surface area contributed by atoms with Crippen LogP contribution in [0.25, 0.3) is 0 Å². The Balaban J connectivity index is 1.95. The number of hydrogen-bond acceptors (Lipinski definition) is 2. The minimum Gasteiger partial charge on any atom is -0.384 e. The highest BCUT2D eigenvalue weighted by molar-refractivity contribution is 7.20. The Kier molecular flexibility index (Phi) is 3.86. The first kappa shape index (κ1) is 13.4. The lowest BCUT2D eigenvalue weighted by Crippen LogP contribution is -2.06. The van der Waals surface area contributed by atoms with Crippen LogP contribution in [-0.4, -0.2) is 5.11 Å². The lowest BCUT2D eigenvalue weighted by Gasteiger charge is -2.18. The van der Waals surface area contributed by atoms with Gasteiger partial charge in [-0.3, -0.25) is 0 Å². The normalized spacial score (nSPS) is 16.2. The third-order valence-electron chi connectivity index (χ3n) is 3.67. The Morgan fingerprint density at radius 2 is 1.79 bits per heavy atom. The van der Waals surface area contributed by atoms with Gasteiger partial charge in [0.15, 0.2) is 0 Å².